The van der Waals surface area contributed by atoms with E-state index >= 15 is 0 Å². The van der Waals surface area contributed by atoms with E-state index in [9.17, 15) is 9.59 Å². The van der Waals surface area contributed by atoms with Gasteiger partial charge in [0.05, 0.1) is 6.33 Å². The molecule has 1 atom stereocenters. The topological polar surface area (TPSA) is 75.4 Å². The lowest BCUT2D eigenvalue weighted by atomic mass is 10.1. The molecule has 1 saturated heterocycles. The molecule has 0 aliphatic carbocycles. The molecular formula is C11H15N3O3. The summed E-state index contributed by atoms with van der Waals surface area (Å²) in [6, 6.07) is 0. The van der Waals surface area contributed by atoms with Gasteiger partial charge in [0.1, 0.15) is 5.69 Å². The van der Waals surface area contributed by atoms with Gasteiger partial charge in [0.15, 0.2) is 0 Å². The van der Waals surface area contributed by atoms with E-state index in [0.29, 0.717) is 18.8 Å². The van der Waals surface area contributed by atoms with Crippen LogP contribution in [0, 0.1) is 5.92 Å². The van der Waals surface area contributed by atoms with Gasteiger partial charge in [-0.3, -0.25) is 9.59 Å². The standard InChI is InChI=1S/C11H15N3O3/c1-13-6-9(12-7-13)11(17)14-3-2-8(5-14)4-10(15)16/h6-8H,2-5H2,1H3,(H,15,16). The zero-order chi connectivity index (χ0) is 12.4. The van der Waals surface area contributed by atoms with E-state index in [2.05, 4.69) is 4.98 Å². The van der Waals surface area contributed by atoms with Crippen LogP contribution < -0.4 is 0 Å². The van der Waals surface area contributed by atoms with Crippen LogP contribution in [0.2, 0.25) is 0 Å². The van der Waals surface area contributed by atoms with E-state index in [-0.39, 0.29) is 18.2 Å². The Bertz CT molecular complexity index is 441. The van der Waals surface area contributed by atoms with E-state index in [0.717, 1.165) is 6.42 Å². The second-order valence-corrected chi connectivity index (χ2v) is 4.43. The maximum atomic E-state index is 12.0. The summed E-state index contributed by atoms with van der Waals surface area (Å²) in [5.74, 6) is -0.846. The molecule has 92 valence electrons. The van der Waals surface area contributed by atoms with Crippen molar-refractivity contribution < 1.29 is 14.7 Å². The summed E-state index contributed by atoms with van der Waals surface area (Å²) in [6.45, 7) is 1.13. The molecule has 6 nitrogen and oxygen atoms in total. The van der Waals surface area contributed by atoms with Crippen molar-refractivity contribution in [2.24, 2.45) is 13.0 Å². The first-order valence-corrected chi connectivity index (χ1v) is 5.55. The summed E-state index contributed by atoms with van der Waals surface area (Å²) < 4.78 is 1.72. The molecule has 1 N–H and O–H groups in total. The van der Waals surface area contributed by atoms with Crippen LogP contribution in [-0.2, 0) is 11.8 Å². The summed E-state index contributed by atoms with van der Waals surface area (Å²) in [4.78, 5) is 28.3. The van der Waals surface area contributed by atoms with Crippen molar-refractivity contribution in [3.05, 3.63) is 18.2 Å². The van der Waals surface area contributed by atoms with Crippen LogP contribution in [0.1, 0.15) is 23.3 Å². The molecule has 1 unspecified atom stereocenters. The van der Waals surface area contributed by atoms with Gasteiger partial charge < -0.3 is 14.6 Å². The number of aliphatic carboxylic acids is 1. The average Bonchev–Trinajstić information content (AvgIpc) is 2.85. The van der Waals surface area contributed by atoms with Crippen molar-refractivity contribution >= 4 is 11.9 Å². The van der Waals surface area contributed by atoms with E-state index in [4.69, 9.17) is 5.11 Å². The molecular weight excluding hydrogens is 222 g/mol. The normalized spacial score (nSPS) is 19.6. The molecule has 0 radical (unpaired) electrons. The molecule has 1 aliphatic heterocycles. The van der Waals surface area contributed by atoms with Crippen LogP contribution >= 0.6 is 0 Å². The smallest absolute Gasteiger partial charge is 0.303 e. The maximum absolute atomic E-state index is 12.0. The average molecular weight is 237 g/mol. The zero-order valence-electron chi connectivity index (χ0n) is 9.67. The van der Waals surface area contributed by atoms with E-state index < -0.39 is 5.97 Å². The number of carbonyl (C=O) groups is 2. The SMILES string of the molecule is Cn1cnc(C(=O)N2CCC(CC(=O)O)C2)c1. The fraction of sp³-hybridized carbons (Fsp3) is 0.545. The highest BCUT2D eigenvalue weighted by atomic mass is 16.4. The Morgan fingerprint density at radius 2 is 2.35 bits per heavy atom. The minimum atomic E-state index is -0.804. The maximum Gasteiger partial charge on any atom is 0.303 e. The largest absolute Gasteiger partial charge is 0.481 e. The summed E-state index contributed by atoms with van der Waals surface area (Å²) in [7, 11) is 1.81. The summed E-state index contributed by atoms with van der Waals surface area (Å²) in [6.07, 6.45) is 4.14. The van der Waals surface area contributed by atoms with Gasteiger partial charge in [0.2, 0.25) is 0 Å². The van der Waals surface area contributed by atoms with Crippen LogP contribution in [-0.4, -0.2) is 44.5 Å². The lowest BCUT2D eigenvalue weighted by molar-refractivity contribution is -0.138. The Hall–Kier alpha value is -1.85. The monoisotopic (exact) mass is 237 g/mol. The van der Waals surface area contributed by atoms with Crippen molar-refractivity contribution in [3.8, 4) is 0 Å². The molecule has 2 rings (SSSR count). The van der Waals surface area contributed by atoms with Crippen molar-refractivity contribution in [1.82, 2.24) is 14.5 Å². The molecule has 1 aromatic heterocycles. The Morgan fingerprint density at radius 3 is 2.94 bits per heavy atom. The lowest BCUT2D eigenvalue weighted by Crippen LogP contribution is -2.29. The number of hydrogen-bond donors (Lipinski definition) is 1. The van der Waals surface area contributed by atoms with Gasteiger partial charge >= 0.3 is 5.97 Å². The molecule has 0 spiro atoms. The Kier molecular flexibility index (Phi) is 3.12. The highest BCUT2D eigenvalue weighted by Gasteiger charge is 2.29. The van der Waals surface area contributed by atoms with Gasteiger partial charge in [-0.1, -0.05) is 0 Å². The number of carbonyl (C=O) groups excluding carboxylic acids is 1. The quantitative estimate of drug-likeness (QED) is 0.823. The van der Waals surface area contributed by atoms with E-state index in [1.54, 1.807) is 29.0 Å². The molecule has 0 saturated carbocycles. The summed E-state index contributed by atoms with van der Waals surface area (Å²) in [5, 5.41) is 8.70. The third-order valence-corrected chi connectivity index (χ3v) is 2.96. The van der Waals surface area contributed by atoms with E-state index in [1.165, 1.54) is 0 Å². The van der Waals surface area contributed by atoms with Gasteiger partial charge in [-0.05, 0) is 12.3 Å². The molecule has 0 aromatic carbocycles. The van der Waals surface area contributed by atoms with Crippen LogP contribution in [0.15, 0.2) is 12.5 Å². The van der Waals surface area contributed by atoms with Crippen LogP contribution in [0.3, 0.4) is 0 Å². The molecule has 0 bridgehead atoms. The number of carboxylic acid groups (broad SMARTS) is 1. The predicted molar refractivity (Wildman–Crippen MR) is 59.5 cm³/mol. The number of aryl methyl sites for hydroxylation is 1. The first-order valence-electron chi connectivity index (χ1n) is 5.55. The lowest BCUT2D eigenvalue weighted by Gasteiger charge is -2.14. The fourth-order valence-corrected chi connectivity index (χ4v) is 2.12. The van der Waals surface area contributed by atoms with Gasteiger partial charge in [-0.15, -0.1) is 0 Å². The molecule has 1 aromatic rings. The molecule has 1 aliphatic rings. The van der Waals surface area contributed by atoms with Crippen LogP contribution in [0.4, 0.5) is 0 Å². The molecule has 6 heteroatoms. The number of aromatic nitrogens is 2. The second-order valence-electron chi connectivity index (χ2n) is 4.43. The number of nitrogens with zero attached hydrogens (tertiary/aromatic N) is 3. The van der Waals surface area contributed by atoms with Crippen LogP contribution in [0.5, 0.6) is 0 Å². The van der Waals surface area contributed by atoms with E-state index in [1.807, 2.05) is 0 Å². The van der Waals surface area contributed by atoms with Crippen LogP contribution in [0.25, 0.3) is 0 Å². The number of amides is 1. The van der Waals surface area contributed by atoms with Crippen molar-refractivity contribution in [1.29, 1.82) is 0 Å². The Labute approximate surface area is 98.9 Å². The predicted octanol–water partition coefficient (Wildman–Crippen LogP) is 0.357. The minimum absolute atomic E-state index is 0.0696. The fourth-order valence-electron chi connectivity index (χ4n) is 2.12. The Morgan fingerprint density at radius 1 is 1.59 bits per heavy atom. The number of likely N-dealkylation sites (tertiary alicyclic amines) is 1. The number of hydrogen-bond acceptors (Lipinski definition) is 3. The molecule has 1 fully saturated rings. The molecule has 1 amide bonds. The highest BCUT2D eigenvalue weighted by Crippen LogP contribution is 2.20. The Balaban J connectivity index is 1.96. The second kappa shape index (κ2) is 4.57. The third kappa shape index (κ3) is 2.64. The number of carboxylic acids is 1. The third-order valence-electron chi connectivity index (χ3n) is 2.96. The van der Waals surface area contributed by atoms with Gasteiger partial charge in [0.25, 0.3) is 5.91 Å². The summed E-state index contributed by atoms with van der Waals surface area (Å²) in [5.41, 5.74) is 0.420. The van der Waals surface area contributed by atoms with Crippen molar-refractivity contribution in [3.63, 3.8) is 0 Å². The molecule has 2 heterocycles. The van der Waals surface area contributed by atoms with Gasteiger partial charge in [0, 0.05) is 32.8 Å². The van der Waals surface area contributed by atoms with Gasteiger partial charge in [-0.25, -0.2) is 4.98 Å². The molecule has 17 heavy (non-hydrogen) atoms. The number of imidazole rings is 1. The van der Waals surface area contributed by atoms with Crippen molar-refractivity contribution in [2.45, 2.75) is 12.8 Å². The highest BCUT2D eigenvalue weighted by molar-refractivity contribution is 5.92. The first-order chi connectivity index (χ1) is 8.06. The zero-order valence-corrected chi connectivity index (χ0v) is 9.67. The van der Waals surface area contributed by atoms with Crippen molar-refractivity contribution in [2.75, 3.05) is 13.1 Å². The summed E-state index contributed by atoms with van der Waals surface area (Å²) >= 11 is 0. The first kappa shape index (κ1) is 11.6. The number of rotatable bonds is 3. The van der Waals surface area contributed by atoms with Gasteiger partial charge in [-0.2, -0.15) is 0 Å². The minimum Gasteiger partial charge on any atom is -0.481 e.